The summed E-state index contributed by atoms with van der Waals surface area (Å²) in [4.78, 5) is 13.7. The van der Waals surface area contributed by atoms with E-state index in [9.17, 15) is 13.4 Å². The van der Waals surface area contributed by atoms with Gasteiger partial charge in [-0.2, -0.15) is 0 Å². The average Bonchev–Trinajstić information content (AvgIpc) is 3.15. The maximum Gasteiger partial charge on any atom is 0.259 e. The van der Waals surface area contributed by atoms with Crippen LogP contribution in [0.5, 0.6) is 5.75 Å². The molecule has 1 unspecified atom stereocenters. The van der Waals surface area contributed by atoms with Crippen molar-refractivity contribution in [2.24, 2.45) is 0 Å². The Bertz CT molecular complexity index is 1070. The highest BCUT2D eigenvalue weighted by atomic mass is 32.2. The third-order valence-corrected chi connectivity index (χ3v) is 5.74. The van der Waals surface area contributed by atoms with E-state index in [0.717, 1.165) is 5.56 Å². The first-order valence-electron chi connectivity index (χ1n) is 9.36. The van der Waals surface area contributed by atoms with Crippen molar-refractivity contribution >= 4 is 16.9 Å². The normalized spacial score (nSPS) is 11.9. The zero-order valence-corrected chi connectivity index (χ0v) is 17.9. The van der Waals surface area contributed by atoms with Crippen LogP contribution >= 0.6 is 0 Å². The molecule has 3 aromatic rings. The zero-order valence-electron chi connectivity index (χ0n) is 17.1. The fourth-order valence-corrected chi connectivity index (χ4v) is 4.06. The van der Waals surface area contributed by atoms with Gasteiger partial charge in [0.2, 0.25) is 0 Å². The molecule has 2 aromatic carbocycles. The van der Waals surface area contributed by atoms with Crippen molar-refractivity contribution < 1.29 is 18.1 Å². The third kappa shape index (κ3) is 4.95. The van der Waals surface area contributed by atoms with Crippen LogP contribution in [0, 0.1) is 5.82 Å². The Hall–Kier alpha value is -2.97. The van der Waals surface area contributed by atoms with Crippen LogP contribution in [0.2, 0.25) is 0 Å². The van der Waals surface area contributed by atoms with Crippen LogP contribution in [0.1, 0.15) is 5.56 Å². The number of hydrogen-bond acceptors (Lipinski definition) is 4. The first-order valence-corrected chi connectivity index (χ1v) is 10.5. The van der Waals surface area contributed by atoms with Crippen LogP contribution in [-0.4, -0.2) is 46.7 Å². The number of benzene rings is 2. The van der Waals surface area contributed by atoms with Crippen LogP contribution in [0.25, 0.3) is 11.3 Å². The second kappa shape index (κ2) is 9.69. The van der Waals surface area contributed by atoms with Gasteiger partial charge in [0.1, 0.15) is 11.6 Å². The number of halogens is 1. The number of nitrogens with one attached hydrogen (secondary N) is 1. The van der Waals surface area contributed by atoms with Gasteiger partial charge in [-0.05, 0) is 49.0 Å². The molecule has 0 aliphatic carbocycles. The molecule has 1 atom stereocenters. The van der Waals surface area contributed by atoms with Gasteiger partial charge in [0.05, 0.1) is 10.6 Å². The maximum absolute atomic E-state index is 14.4. The summed E-state index contributed by atoms with van der Waals surface area (Å²) in [6.07, 6.45) is 1.75. The quantitative estimate of drug-likeness (QED) is 0.598. The largest absolute Gasteiger partial charge is 0.484 e. The SMILES string of the molecule is CNCc1cc(-c2ccccc2F)n(S(=O)c2cccc(OCC(=O)N(C)C)c2)c1. The molecular formula is C22H24FN3O3S. The van der Waals surface area contributed by atoms with Gasteiger partial charge in [-0.25, -0.2) is 8.60 Å². The summed E-state index contributed by atoms with van der Waals surface area (Å²) >= 11 is 0. The van der Waals surface area contributed by atoms with Gasteiger partial charge in [-0.15, -0.1) is 0 Å². The number of nitrogens with zero attached hydrogens (tertiary/aromatic N) is 2. The molecule has 1 N–H and O–H groups in total. The van der Waals surface area contributed by atoms with Crippen LogP contribution in [0.3, 0.4) is 0 Å². The average molecular weight is 430 g/mol. The predicted molar refractivity (Wildman–Crippen MR) is 115 cm³/mol. The molecule has 0 saturated heterocycles. The summed E-state index contributed by atoms with van der Waals surface area (Å²) in [7, 11) is 3.47. The van der Waals surface area contributed by atoms with E-state index in [1.54, 1.807) is 66.7 Å². The zero-order chi connectivity index (χ0) is 21.7. The Balaban J connectivity index is 1.94. The van der Waals surface area contributed by atoms with Crippen molar-refractivity contribution in [2.45, 2.75) is 11.4 Å². The first-order chi connectivity index (χ1) is 14.4. The Morgan fingerprint density at radius 1 is 1.17 bits per heavy atom. The van der Waals surface area contributed by atoms with E-state index in [0.29, 0.717) is 28.4 Å². The highest BCUT2D eigenvalue weighted by Crippen LogP contribution is 2.28. The topological polar surface area (TPSA) is 63.6 Å². The smallest absolute Gasteiger partial charge is 0.259 e. The van der Waals surface area contributed by atoms with Crippen molar-refractivity contribution in [2.75, 3.05) is 27.7 Å². The van der Waals surface area contributed by atoms with E-state index in [1.165, 1.54) is 11.0 Å². The minimum absolute atomic E-state index is 0.112. The van der Waals surface area contributed by atoms with E-state index in [-0.39, 0.29) is 18.3 Å². The highest BCUT2D eigenvalue weighted by Gasteiger charge is 2.17. The van der Waals surface area contributed by atoms with Gasteiger partial charge >= 0.3 is 0 Å². The van der Waals surface area contributed by atoms with Crippen molar-refractivity contribution in [1.29, 1.82) is 0 Å². The number of hydrogen-bond donors (Lipinski definition) is 1. The Labute approximate surface area is 177 Å². The van der Waals surface area contributed by atoms with Gasteiger partial charge in [-0.3, -0.25) is 8.77 Å². The van der Waals surface area contributed by atoms with E-state index in [2.05, 4.69) is 5.32 Å². The molecule has 8 heteroatoms. The van der Waals surface area contributed by atoms with E-state index >= 15 is 0 Å². The predicted octanol–water partition coefficient (Wildman–Crippen LogP) is 3.05. The summed E-state index contributed by atoms with van der Waals surface area (Å²) < 4.78 is 34.9. The molecule has 1 aromatic heterocycles. The van der Waals surface area contributed by atoms with E-state index in [1.807, 2.05) is 13.1 Å². The summed E-state index contributed by atoms with van der Waals surface area (Å²) in [5, 5.41) is 3.05. The van der Waals surface area contributed by atoms with E-state index < -0.39 is 11.0 Å². The minimum Gasteiger partial charge on any atom is -0.484 e. The van der Waals surface area contributed by atoms with Crippen molar-refractivity contribution in [3.8, 4) is 17.0 Å². The number of ether oxygens (including phenoxy) is 1. The molecule has 158 valence electrons. The van der Waals surface area contributed by atoms with Gasteiger partial charge in [-0.1, -0.05) is 18.2 Å². The van der Waals surface area contributed by atoms with Crippen molar-refractivity contribution in [3.63, 3.8) is 0 Å². The van der Waals surface area contributed by atoms with Crippen LogP contribution in [0.4, 0.5) is 4.39 Å². The second-order valence-electron chi connectivity index (χ2n) is 6.87. The van der Waals surface area contributed by atoms with Gasteiger partial charge < -0.3 is 15.0 Å². The summed E-state index contributed by atoms with van der Waals surface area (Å²) in [5.74, 6) is -0.124. The number of rotatable bonds is 8. The van der Waals surface area contributed by atoms with Crippen LogP contribution in [-0.2, 0) is 22.3 Å². The second-order valence-corrected chi connectivity index (χ2v) is 8.23. The number of aromatic nitrogens is 1. The molecule has 1 heterocycles. The third-order valence-electron chi connectivity index (χ3n) is 4.42. The molecular weight excluding hydrogens is 405 g/mol. The Kier molecular flexibility index (Phi) is 7.02. The molecule has 0 saturated carbocycles. The molecule has 1 amide bonds. The molecule has 0 aliphatic heterocycles. The molecule has 0 radical (unpaired) electrons. The van der Waals surface area contributed by atoms with Gasteiger partial charge in [0.25, 0.3) is 5.91 Å². The maximum atomic E-state index is 14.4. The lowest BCUT2D eigenvalue weighted by atomic mass is 10.1. The molecule has 0 spiro atoms. The lowest BCUT2D eigenvalue weighted by Gasteiger charge is -2.13. The van der Waals surface area contributed by atoms with Gasteiger partial charge in [0, 0.05) is 32.4 Å². The lowest BCUT2D eigenvalue weighted by molar-refractivity contribution is -0.130. The van der Waals surface area contributed by atoms with Crippen LogP contribution in [0.15, 0.2) is 65.7 Å². The molecule has 6 nitrogen and oxygen atoms in total. The fourth-order valence-electron chi connectivity index (χ4n) is 2.86. The number of carbonyl (C=O) groups is 1. The summed E-state index contributed by atoms with van der Waals surface area (Å²) in [6.45, 7) is 0.445. The van der Waals surface area contributed by atoms with Crippen molar-refractivity contribution in [1.82, 2.24) is 14.2 Å². The number of amides is 1. The fraction of sp³-hybridized carbons (Fsp3) is 0.227. The molecule has 0 aliphatic rings. The summed E-state index contributed by atoms with van der Waals surface area (Å²) in [5.41, 5.74) is 1.77. The van der Waals surface area contributed by atoms with Gasteiger partial charge in [0.15, 0.2) is 17.6 Å². The Morgan fingerprint density at radius 2 is 1.93 bits per heavy atom. The van der Waals surface area contributed by atoms with Crippen molar-refractivity contribution in [3.05, 3.63) is 72.2 Å². The van der Waals surface area contributed by atoms with E-state index in [4.69, 9.17) is 4.74 Å². The monoisotopic (exact) mass is 429 g/mol. The minimum atomic E-state index is -1.64. The molecule has 0 bridgehead atoms. The lowest BCUT2D eigenvalue weighted by Crippen LogP contribution is -2.27. The molecule has 30 heavy (non-hydrogen) atoms. The molecule has 3 rings (SSSR count). The first kappa shape index (κ1) is 21.7. The van der Waals surface area contributed by atoms with Crippen LogP contribution < -0.4 is 10.1 Å². The highest BCUT2D eigenvalue weighted by molar-refractivity contribution is 7.83. The number of carbonyl (C=O) groups excluding carboxylic acids is 1. The number of likely N-dealkylation sites (N-methyl/N-ethyl adjacent to an activating group) is 1. The Morgan fingerprint density at radius 3 is 2.63 bits per heavy atom. The summed E-state index contributed by atoms with van der Waals surface area (Å²) in [6, 6.07) is 15.0. The standard InChI is InChI=1S/C22H24FN3O3S/c1-24-13-16-11-21(19-9-4-5-10-20(19)23)26(14-16)30(28)18-8-6-7-17(12-18)29-15-22(27)25(2)3/h4-12,14,24H,13,15H2,1-3H3. The molecule has 0 fully saturated rings.